The van der Waals surface area contributed by atoms with Crippen molar-refractivity contribution >= 4 is 15.9 Å². The molecule has 0 spiro atoms. The number of carbonyl (C=O) groups is 1. The number of amides is 1. The Morgan fingerprint density at radius 2 is 2.03 bits per heavy atom. The van der Waals surface area contributed by atoms with Crippen molar-refractivity contribution in [2.24, 2.45) is 11.8 Å². The van der Waals surface area contributed by atoms with Crippen molar-refractivity contribution in [2.75, 3.05) is 13.1 Å². The average molecular weight is 419 g/mol. The van der Waals surface area contributed by atoms with Gasteiger partial charge in [0, 0.05) is 19.1 Å². The van der Waals surface area contributed by atoms with E-state index in [0.29, 0.717) is 31.2 Å². The van der Waals surface area contributed by atoms with Crippen molar-refractivity contribution in [3.05, 3.63) is 35.4 Å². The Labute approximate surface area is 172 Å². The maximum absolute atomic E-state index is 13.5. The highest BCUT2D eigenvalue weighted by molar-refractivity contribution is 7.89. The minimum atomic E-state index is -3.53. The fraction of sp³-hybridized carbons (Fsp3) is 0.667. The Kier molecular flexibility index (Phi) is 4.93. The van der Waals surface area contributed by atoms with E-state index in [4.69, 9.17) is 0 Å². The van der Waals surface area contributed by atoms with E-state index >= 15 is 0 Å². The smallest absolute Gasteiger partial charge is 0.238 e. The van der Waals surface area contributed by atoms with Gasteiger partial charge in [-0.2, -0.15) is 4.31 Å². The van der Waals surface area contributed by atoms with Crippen molar-refractivity contribution < 1.29 is 13.2 Å². The standard InChI is InChI=1S/C21H30N4O3S/c1-13-10-15-12-22-24-20(15)19(11-13)29(27,28)25-9-8-18(25)21(26)23-17-7-6-14-4-2-3-5-16(14)17/h2-5,13,15,17-20,22,24H,6-12H2,1H3,(H,23,26)/t13?,15?,17?,18-,19?,20?/m0/s1. The molecule has 3 fully saturated rings. The Balaban J connectivity index is 1.30. The maximum atomic E-state index is 13.5. The molecule has 0 aromatic heterocycles. The lowest BCUT2D eigenvalue weighted by Gasteiger charge is -2.44. The molecule has 5 unspecified atom stereocenters. The minimum absolute atomic E-state index is 0.0105. The monoisotopic (exact) mass is 418 g/mol. The zero-order valence-electron chi connectivity index (χ0n) is 16.8. The second-order valence-corrected chi connectivity index (χ2v) is 11.3. The zero-order valence-corrected chi connectivity index (χ0v) is 17.6. The number of hydrazine groups is 1. The van der Waals surface area contributed by atoms with Gasteiger partial charge in [-0.05, 0) is 55.1 Å². The number of hydrogen-bond donors (Lipinski definition) is 3. The van der Waals surface area contributed by atoms with Gasteiger partial charge in [-0.3, -0.25) is 15.6 Å². The van der Waals surface area contributed by atoms with Crippen LogP contribution < -0.4 is 16.2 Å². The van der Waals surface area contributed by atoms with Crippen molar-refractivity contribution in [1.29, 1.82) is 0 Å². The summed E-state index contributed by atoms with van der Waals surface area (Å²) in [6.07, 6.45) is 4.13. The van der Waals surface area contributed by atoms with Gasteiger partial charge >= 0.3 is 0 Å². The largest absolute Gasteiger partial charge is 0.348 e. The van der Waals surface area contributed by atoms with Gasteiger partial charge < -0.3 is 5.32 Å². The molecule has 2 saturated heterocycles. The van der Waals surface area contributed by atoms with Crippen LogP contribution in [0.2, 0.25) is 0 Å². The lowest BCUT2D eigenvalue weighted by atomic mass is 9.79. The van der Waals surface area contributed by atoms with E-state index in [-0.39, 0.29) is 18.0 Å². The fourth-order valence-electron chi connectivity index (χ4n) is 5.72. The van der Waals surface area contributed by atoms with Crippen LogP contribution in [0, 0.1) is 11.8 Å². The number of benzene rings is 1. The Morgan fingerprint density at radius 3 is 2.83 bits per heavy atom. The van der Waals surface area contributed by atoms with E-state index in [9.17, 15) is 13.2 Å². The highest BCUT2D eigenvalue weighted by Crippen LogP contribution is 2.38. The lowest BCUT2D eigenvalue weighted by Crippen LogP contribution is -2.63. The molecule has 1 aromatic carbocycles. The van der Waals surface area contributed by atoms with Gasteiger partial charge in [0.2, 0.25) is 15.9 Å². The molecule has 6 atom stereocenters. The molecule has 0 radical (unpaired) electrons. The van der Waals surface area contributed by atoms with E-state index in [1.54, 1.807) is 0 Å². The first kappa shape index (κ1) is 19.5. The molecule has 2 aliphatic heterocycles. The van der Waals surface area contributed by atoms with Crippen molar-refractivity contribution in [3.8, 4) is 0 Å². The van der Waals surface area contributed by atoms with Gasteiger partial charge in [-0.15, -0.1) is 0 Å². The Bertz CT molecular complexity index is 905. The molecular weight excluding hydrogens is 388 g/mol. The topological polar surface area (TPSA) is 90.5 Å². The third kappa shape index (κ3) is 3.30. The summed E-state index contributed by atoms with van der Waals surface area (Å²) in [6, 6.07) is 7.53. The number of carbonyl (C=O) groups excluding carboxylic acids is 1. The summed E-state index contributed by atoms with van der Waals surface area (Å²) in [5.41, 5.74) is 8.78. The molecular formula is C21H30N4O3S. The van der Waals surface area contributed by atoms with E-state index in [2.05, 4.69) is 35.2 Å². The summed E-state index contributed by atoms with van der Waals surface area (Å²) >= 11 is 0. The zero-order chi connectivity index (χ0) is 20.2. The number of aryl methyl sites for hydroxylation is 1. The molecule has 1 aromatic rings. The molecule has 1 amide bonds. The van der Waals surface area contributed by atoms with E-state index in [0.717, 1.165) is 25.8 Å². The molecule has 5 rings (SSSR count). The Morgan fingerprint density at radius 1 is 1.21 bits per heavy atom. The Hall–Kier alpha value is -1.48. The predicted molar refractivity (Wildman–Crippen MR) is 110 cm³/mol. The normalized spacial score (nSPS) is 36.9. The summed E-state index contributed by atoms with van der Waals surface area (Å²) < 4.78 is 28.4. The molecule has 158 valence electrons. The second-order valence-electron chi connectivity index (χ2n) is 9.18. The number of nitrogens with one attached hydrogen (secondary N) is 3. The molecule has 0 bridgehead atoms. The molecule has 2 aliphatic carbocycles. The first-order valence-electron chi connectivity index (χ1n) is 10.8. The van der Waals surface area contributed by atoms with Crippen LogP contribution >= 0.6 is 0 Å². The van der Waals surface area contributed by atoms with E-state index in [1.807, 2.05) is 12.1 Å². The summed E-state index contributed by atoms with van der Waals surface area (Å²) in [7, 11) is -3.53. The first-order valence-corrected chi connectivity index (χ1v) is 12.3. The number of fused-ring (bicyclic) bond motifs is 2. The van der Waals surface area contributed by atoms with E-state index in [1.165, 1.54) is 15.4 Å². The van der Waals surface area contributed by atoms with Crippen molar-refractivity contribution in [3.63, 3.8) is 0 Å². The van der Waals surface area contributed by atoms with Gasteiger partial charge in [-0.1, -0.05) is 31.2 Å². The predicted octanol–water partition coefficient (Wildman–Crippen LogP) is 1.09. The molecule has 8 heteroatoms. The maximum Gasteiger partial charge on any atom is 0.238 e. The molecule has 7 nitrogen and oxygen atoms in total. The molecule has 3 N–H and O–H groups in total. The van der Waals surface area contributed by atoms with Crippen molar-refractivity contribution in [1.82, 2.24) is 20.5 Å². The third-order valence-corrected chi connectivity index (χ3v) is 9.65. The van der Waals surface area contributed by atoms with Gasteiger partial charge in [0.25, 0.3) is 0 Å². The first-order chi connectivity index (χ1) is 13.9. The number of hydrogen-bond acceptors (Lipinski definition) is 5. The third-order valence-electron chi connectivity index (χ3n) is 7.31. The highest BCUT2D eigenvalue weighted by Gasteiger charge is 2.52. The van der Waals surface area contributed by atoms with Gasteiger partial charge in [0.1, 0.15) is 6.04 Å². The summed E-state index contributed by atoms with van der Waals surface area (Å²) in [5, 5.41) is 2.66. The fourth-order valence-corrected chi connectivity index (χ4v) is 8.22. The summed E-state index contributed by atoms with van der Waals surface area (Å²) in [4.78, 5) is 13.0. The van der Waals surface area contributed by atoms with Crippen LogP contribution in [0.4, 0.5) is 0 Å². The molecule has 4 aliphatic rings. The summed E-state index contributed by atoms with van der Waals surface area (Å²) in [5.74, 6) is 0.558. The quantitative estimate of drug-likeness (QED) is 0.681. The molecule has 29 heavy (non-hydrogen) atoms. The molecule has 2 heterocycles. The SMILES string of the molecule is CC1CC2CNNC2C(S(=O)(=O)N2CC[C@H]2C(=O)NC2CCc3ccccc32)C1. The van der Waals surface area contributed by atoms with Gasteiger partial charge in [0.15, 0.2) is 0 Å². The number of sulfonamides is 1. The van der Waals surface area contributed by atoms with Gasteiger partial charge in [-0.25, -0.2) is 8.42 Å². The lowest BCUT2D eigenvalue weighted by molar-refractivity contribution is -0.128. The van der Waals surface area contributed by atoms with Crippen LogP contribution in [0.15, 0.2) is 24.3 Å². The van der Waals surface area contributed by atoms with Crippen LogP contribution in [0.3, 0.4) is 0 Å². The van der Waals surface area contributed by atoms with Crippen LogP contribution in [-0.4, -0.2) is 49.1 Å². The minimum Gasteiger partial charge on any atom is -0.348 e. The van der Waals surface area contributed by atoms with Crippen LogP contribution in [-0.2, 0) is 21.2 Å². The number of nitrogens with zero attached hydrogens (tertiary/aromatic N) is 1. The summed E-state index contributed by atoms with van der Waals surface area (Å²) in [6.45, 7) is 3.39. The van der Waals surface area contributed by atoms with Crippen LogP contribution in [0.25, 0.3) is 0 Å². The number of rotatable bonds is 4. The highest BCUT2D eigenvalue weighted by atomic mass is 32.2. The van der Waals surface area contributed by atoms with Crippen LogP contribution in [0.5, 0.6) is 0 Å². The van der Waals surface area contributed by atoms with E-state index < -0.39 is 21.3 Å². The van der Waals surface area contributed by atoms with Gasteiger partial charge in [0.05, 0.1) is 11.3 Å². The molecule has 1 saturated carbocycles. The van der Waals surface area contributed by atoms with Crippen molar-refractivity contribution in [2.45, 2.75) is 62.4 Å². The van der Waals surface area contributed by atoms with Crippen LogP contribution in [0.1, 0.15) is 49.8 Å². The second kappa shape index (κ2) is 7.34. The average Bonchev–Trinajstić information content (AvgIpc) is 3.26.